The van der Waals surface area contributed by atoms with Crippen LogP contribution < -0.4 is 0 Å². The minimum Gasteiger partial charge on any atom is -0.508 e. The lowest BCUT2D eigenvalue weighted by molar-refractivity contribution is -0.342. The van der Waals surface area contributed by atoms with E-state index in [1.54, 1.807) is 12.1 Å². The van der Waals surface area contributed by atoms with Gasteiger partial charge in [0, 0.05) is 12.5 Å². The third-order valence-electron chi connectivity index (χ3n) is 6.73. The molecule has 9 unspecified atom stereocenters. The number of hydrogen-bond donors (Lipinski definition) is 6. The summed E-state index contributed by atoms with van der Waals surface area (Å²) in [5.41, 5.74) is -1.26. The number of phenolic OH excluding ortho intramolecular Hbond substituents is 1. The Morgan fingerprint density at radius 3 is 2.49 bits per heavy atom. The first-order chi connectivity index (χ1) is 17.6. The Hall–Kier alpha value is -3.10. The lowest BCUT2D eigenvalue weighted by Crippen LogP contribution is -2.60. The number of aliphatic hydroxyl groups is 5. The molecule has 1 aromatic rings. The number of ether oxygens (including phenoxy) is 4. The predicted molar refractivity (Wildman–Crippen MR) is 123 cm³/mol. The van der Waals surface area contributed by atoms with Crippen LogP contribution in [0.4, 0.5) is 0 Å². The molecule has 6 N–H and O–H groups in total. The summed E-state index contributed by atoms with van der Waals surface area (Å²) in [6.45, 7) is 3.23. The SMILES string of the molecule is C=C1C(OC(=O)C=Cc2ccc(O)cc2)CC2(O)C(C=O)=COC(OC3OC(CO)C(O)C(O)C3O)C12. The molecule has 2 aliphatic heterocycles. The van der Waals surface area contributed by atoms with E-state index in [2.05, 4.69) is 6.58 Å². The van der Waals surface area contributed by atoms with E-state index >= 15 is 0 Å². The van der Waals surface area contributed by atoms with Crippen molar-refractivity contribution in [2.24, 2.45) is 5.92 Å². The smallest absolute Gasteiger partial charge is 0.331 e. The fraction of sp³-hybridized carbons (Fsp3) is 0.440. The second-order valence-electron chi connectivity index (χ2n) is 9.06. The molecule has 12 nitrogen and oxygen atoms in total. The van der Waals surface area contributed by atoms with E-state index < -0.39 is 67.2 Å². The molecule has 0 bridgehead atoms. The molecule has 0 radical (unpaired) electrons. The fourth-order valence-corrected chi connectivity index (χ4v) is 4.66. The third kappa shape index (κ3) is 5.18. The van der Waals surface area contributed by atoms with Crippen molar-refractivity contribution in [3.8, 4) is 5.75 Å². The molecule has 200 valence electrons. The van der Waals surface area contributed by atoms with Gasteiger partial charge < -0.3 is 49.6 Å². The normalized spacial score (nSPS) is 37.5. The zero-order valence-electron chi connectivity index (χ0n) is 19.5. The van der Waals surface area contributed by atoms with Crippen LogP contribution in [0.15, 0.2) is 54.3 Å². The summed E-state index contributed by atoms with van der Waals surface area (Å²) in [4.78, 5) is 24.1. The van der Waals surface area contributed by atoms with E-state index in [9.17, 15) is 40.2 Å². The van der Waals surface area contributed by atoms with Crippen molar-refractivity contribution in [1.29, 1.82) is 0 Å². The van der Waals surface area contributed by atoms with Crippen LogP contribution in [0, 0.1) is 5.92 Å². The zero-order valence-corrected chi connectivity index (χ0v) is 19.5. The molecule has 1 aliphatic carbocycles. The van der Waals surface area contributed by atoms with Gasteiger partial charge in [-0.1, -0.05) is 18.7 Å². The van der Waals surface area contributed by atoms with Gasteiger partial charge in [-0.2, -0.15) is 0 Å². The first kappa shape index (κ1) is 26.9. The van der Waals surface area contributed by atoms with Crippen LogP contribution in [0.2, 0.25) is 0 Å². The molecule has 0 amide bonds. The number of rotatable bonds is 7. The highest BCUT2D eigenvalue weighted by molar-refractivity contribution is 5.87. The van der Waals surface area contributed by atoms with Gasteiger partial charge in [-0.25, -0.2) is 4.79 Å². The van der Waals surface area contributed by atoms with Crippen molar-refractivity contribution >= 4 is 18.3 Å². The number of aliphatic hydroxyl groups excluding tert-OH is 4. The van der Waals surface area contributed by atoms with Crippen LogP contribution >= 0.6 is 0 Å². The zero-order chi connectivity index (χ0) is 26.9. The molecule has 0 spiro atoms. The number of benzene rings is 1. The second-order valence-corrected chi connectivity index (χ2v) is 9.06. The van der Waals surface area contributed by atoms with E-state index in [1.165, 1.54) is 18.2 Å². The number of carbonyl (C=O) groups excluding carboxylic acids is 2. The van der Waals surface area contributed by atoms with Crippen LogP contribution in [0.1, 0.15) is 12.0 Å². The van der Waals surface area contributed by atoms with Gasteiger partial charge in [0.15, 0.2) is 12.6 Å². The third-order valence-corrected chi connectivity index (χ3v) is 6.73. The summed E-state index contributed by atoms with van der Waals surface area (Å²) in [5, 5.41) is 60.5. The van der Waals surface area contributed by atoms with Crippen molar-refractivity contribution in [1.82, 2.24) is 0 Å². The second kappa shape index (κ2) is 10.7. The van der Waals surface area contributed by atoms with E-state index in [0.29, 0.717) is 11.8 Å². The molecule has 1 aromatic carbocycles. The summed E-state index contributed by atoms with van der Waals surface area (Å²) >= 11 is 0. The Balaban J connectivity index is 1.51. The number of aromatic hydroxyl groups is 1. The fourth-order valence-electron chi connectivity index (χ4n) is 4.66. The lowest BCUT2D eigenvalue weighted by atomic mass is 9.81. The van der Waals surface area contributed by atoms with E-state index in [0.717, 1.165) is 12.3 Å². The van der Waals surface area contributed by atoms with Crippen molar-refractivity contribution < 1.29 is 59.2 Å². The number of phenols is 1. The molecule has 2 heterocycles. The molecule has 37 heavy (non-hydrogen) atoms. The Morgan fingerprint density at radius 1 is 1.14 bits per heavy atom. The van der Waals surface area contributed by atoms with Crippen LogP contribution in [0.3, 0.4) is 0 Å². The van der Waals surface area contributed by atoms with E-state index in [1.807, 2.05) is 0 Å². The summed E-state index contributed by atoms with van der Waals surface area (Å²) in [5.74, 6) is -1.84. The average Bonchev–Trinajstić information content (AvgIpc) is 3.14. The predicted octanol–water partition coefficient (Wildman–Crippen LogP) is -1.12. The molecule has 4 rings (SSSR count). The summed E-state index contributed by atoms with van der Waals surface area (Å²) in [7, 11) is 0. The summed E-state index contributed by atoms with van der Waals surface area (Å²) in [6, 6.07) is 6.08. The molecule has 9 atom stereocenters. The maximum atomic E-state index is 12.5. The van der Waals surface area contributed by atoms with Crippen molar-refractivity contribution in [2.45, 2.75) is 55.1 Å². The van der Waals surface area contributed by atoms with Gasteiger partial charge in [-0.05, 0) is 29.3 Å². The lowest BCUT2D eigenvalue weighted by Gasteiger charge is -2.44. The number of carbonyl (C=O) groups is 2. The van der Waals surface area contributed by atoms with Gasteiger partial charge >= 0.3 is 5.97 Å². The molecule has 12 heteroatoms. The molecular weight excluding hydrogens is 492 g/mol. The largest absolute Gasteiger partial charge is 0.508 e. The highest BCUT2D eigenvalue weighted by atomic mass is 16.8. The number of hydrogen-bond acceptors (Lipinski definition) is 12. The topological polar surface area (TPSA) is 192 Å². The molecule has 2 fully saturated rings. The number of esters is 1. The Morgan fingerprint density at radius 2 is 1.84 bits per heavy atom. The van der Waals surface area contributed by atoms with Gasteiger partial charge in [0.25, 0.3) is 0 Å². The standard InChI is InChI=1S/C25H28O12/c1-12-16(35-18(29)7-4-13-2-5-15(28)6-3-13)8-25(33)14(9-26)11-34-23(19(12)25)37-24-22(32)21(31)20(30)17(10-27)36-24/h2-7,9,11,16-17,19-24,27-28,30-33H,1,8,10H2. The van der Waals surface area contributed by atoms with Crippen LogP contribution in [0.5, 0.6) is 5.75 Å². The molecule has 0 aromatic heterocycles. The van der Waals surface area contributed by atoms with Crippen molar-refractivity contribution in [3.05, 3.63) is 59.9 Å². The highest BCUT2D eigenvalue weighted by Crippen LogP contribution is 2.50. The Kier molecular flexibility index (Phi) is 7.80. The monoisotopic (exact) mass is 520 g/mol. The number of aldehydes is 1. The van der Waals surface area contributed by atoms with Gasteiger partial charge in [0.2, 0.25) is 6.29 Å². The maximum Gasteiger partial charge on any atom is 0.331 e. The number of fused-ring (bicyclic) bond motifs is 1. The highest BCUT2D eigenvalue weighted by Gasteiger charge is 2.59. The van der Waals surface area contributed by atoms with Crippen LogP contribution in [0.25, 0.3) is 6.08 Å². The van der Waals surface area contributed by atoms with E-state index in [4.69, 9.17) is 18.9 Å². The van der Waals surface area contributed by atoms with Crippen molar-refractivity contribution in [2.75, 3.05) is 6.61 Å². The van der Waals surface area contributed by atoms with Crippen LogP contribution in [-0.2, 0) is 28.5 Å². The van der Waals surface area contributed by atoms with E-state index in [-0.39, 0.29) is 23.3 Å². The van der Waals surface area contributed by atoms with Gasteiger partial charge in [0.1, 0.15) is 41.9 Å². The minimum atomic E-state index is -1.90. The molecular formula is C25H28O12. The Labute approximate surface area is 211 Å². The quantitative estimate of drug-likeness (QED) is 0.110. The first-order valence-corrected chi connectivity index (χ1v) is 11.4. The van der Waals surface area contributed by atoms with Crippen LogP contribution in [-0.4, -0.2) is 98.2 Å². The average molecular weight is 520 g/mol. The Bertz CT molecular complexity index is 1080. The first-order valence-electron chi connectivity index (χ1n) is 11.4. The maximum absolute atomic E-state index is 12.5. The molecule has 3 aliphatic rings. The summed E-state index contributed by atoms with van der Waals surface area (Å²) in [6.07, 6.45) is -6.59. The van der Waals surface area contributed by atoms with Gasteiger partial charge in [-0.15, -0.1) is 0 Å². The summed E-state index contributed by atoms with van der Waals surface area (Å²) < 4.78 is 22.0. The molecule has 1 saturated carbocycles. The van der Waals surface area contributed by atoms with Crippen molar-refractivity contribution in [3.63, 3.8) is 0 Å². The van der Waals surface area contributed by atoms with Gasteiger partial charge in [0.05, 0.1) is 24.4 Å². The van der Waals surface area contributed by atoms with Gasteiger partial charge in [-0.3, -0.25) is 4.79 Å². The minimum absolute atomic E-state index is 0.0691. The molecule has 1 saturated heterocycles.